The number of benzene rings is 12. The van der Waals surface area contributed by atoms with Gasteiger partial charge in [-0.25, -0.2) is 0 Å². The molecule has 4 aromatic heterocycles. The molecule has 0 spiro atoms. The second-order valence-electron chi connectivity index (χ2n) is 32.0. The van der Waals surface area contributed by atoms with Gasteiger partial charge in [0.05, 0.1) is 89.6 Å². The second-order valence-corrected chi connectivity index (χ2v) is 32.0. The van der Waals surface area contributed by atoms with Crippen molar-refractivity contribution in [1.29, 1.82) is 0 Å². The minimum atomic E-state index is -0.110. The number of nitrogens with zero attached hydrogens (tertiary/aromatic N) is 12. The second kappa shape index (κ2) is 25.0. The molecule has 0 aliphatic heterocycles. The summed E-state index contributed by atoms with van der Waals surface area (Å²) in [5.74, 6) is 0. The molecule has 12 aromatic carbocycles. The lowest BCUT2D eigenvalue weighted by Crippen LogP contribution is -2.18. The lowest BCUT2D eigenvalue weighted by atomic mass is 9.86. The highest BCUT2D eigenvalue weighted by atomic mass is 15.2. The van der Waals surface area contributed by atoms with Crippen LogP contribution in [0.5, 0.6) is 0 Å². The number of hydrogen-bond acceptors (Lipinski definition) is 12. The number of fused-ring (bicyclic) bond motifs is 4. The van der Waals surface area contributed by atoms with E-state index in [1.807, 2.05) is 0 Å². The van der Waals surface area contributed by atoms with Crippen LogP contribution in [-0.2, 0) is 21.7 Å². The molecule has 0 N–H and O–H groups in total. The molecule has 0 radical (unpaired) electrons. The number of aromatic nitrogens is 8. The SMILES string of the molecule is Cc1c(N(c2ccc(C(C)(C)C)cc2)c2cc(N(c3ccc(C(C)(C)C)cc3)c3ccc4nccnc4c3C)c3ccc4c(N(c5ccc(C(C)(C)C)cc5)c5ccc6nccnc6c5C)cc(N(c5ccc(C(C)(C)C)cc5)c5ccc6nccnc6c5C)c5ccc2c3c54)ccc2nccnc12. The fourth-order valence-electron chi connectivity index (χ4n) is 15.4. The van der Waals surface area contributed by atoms with E-state index >= 15 is 0 Å². The van der Waals surface area contributed by atoms with Crippen LogP contribution in [0.4, 0.5) is 68.2 Å². The Hall–Kier alpha value is -11.8. The van der Waals surface area contributed by atoms with Crippen molar-refractivity contribution in [3.8, 4) is 0 Å². The summed E-state index contributed by atoms with van der Waals surface area (Å²) in [6, 6.07) is 68.5. The fraction of sp³-hybridized carbons (Fsp3) is 0.217. The maximum absolute atomic E-state index is 5.07. The summed E-state index contributed by atoms with van der Waals surface area (Å²) in [6.07, 6.45) is 14.3. The third kappa shape index (κ3) is 11.5. The van der Waals surface area contributed by atoms with Crippen LogP contribution < -0.4 is 19.6 Å². The molecule has 0 aliphatic rings. The Morgan fingerprint density at radius 2 is 0.404 bits per heavy atom. The van der Waals surface area contributed by atoms with Crippen LogP contribution >= 0.6 is 0 Å². The van der Waals surface area contributed by atoms with Gasteiger partial charge in [-0.15, -0.1) is 0 Å². The summed E-state index contributed by atoms with van der Waals surface area (Å²) in [5.41, 5.74) is 26.8. The van der Waals surface area contributed by atoms with E-state index in [9.17, 15) is 0 Å². The van der Waals surface area contributed by atoms with Gasteiger partial charge in [0.15, 0.2) is 0 Å². The topological polar surface area (TPSA) is 116 Å². The number of hydrogen-bond donors (Lipinski definition) is 0. The highest BCUT2D eigenvalue weighted by Gasteiger charge is 2.33. The molecule has 4 heterocycles. The van der Waals surface area contributed by atoms with Crippen molar-refractivity contribution in [3.63, 3.8) is 0 Å². The zero-order chi connectivity index (χ0) is 72.5. The third-order valence-corrected chi connectivity index (χ3v) is 21.2. The molecule has 0 saturated carbocycles. The monoisotopic (exact) mass is 1360 g/mol. The molecule has 0 bridgehead atoms. The molecule has 0 amide bonds. The molecule has 0 saturated heterocycles. The standard InChI is InChI=1S/C92H86N12/c1-55-75(41-37-71-85(55)97-49-45-93-71)101(63-25-17-59(18-26-63)89(5,6)7)79-53-80(102(64-27-19-60(20-28-64)90(8,9)10)76-42-38-72-86(56(76)2)98-50-46-94-72)68-35-36-70-82(104(66-31-23-62(24-32-66)92(14,15)16)78-44-40-74-88(58(78)4)100-52-48-96-74)54-81(69-34-33-67(79)83(68)84(69)70)103(65-29-21-61(22-30-65)91(11,12)13)77-43-39-73-87(57(77)3)99-51-47-95-73/h17-54H,1-16H3. The molecule has 104 heavy (non-hydrogen) atoms. The Morgan fingerprint density at radius 3 is 0.596 bits per heavy atom. The quantitative estimate of drug-likeness (QED) is 0.108. The van der Waals surface area contributed by atoms with Crippen LogP contribution in [0.1, 0.15) is 128 Å². The van der Waals surface area contributed by atoms with Crippen LogP contribution in [0, 0.1) is 27.7 Å². The van der Waals surface area contributed by atoms with Crippen LogP contribution in [0.25, 0.3) is 76.5 Å². The maximum Gasteiger partial charge on any atom is 0.0936 e. The van der Waals surface area contributed by atoms with E-state index in [0.717, 1.165) is 167 Å². The molecule has 0 unspecified atom stereocenters. The first-order valence-electron chi connectivity index (χ1n) is 36.0. The van der Waals surface area contributed by atoms with Gasteiger partial charge in [0.1, 0.15) is 0 Å². The van der Waals surface area contributed by atoms with Gasteiger partial charge in [0.2, 0.25) is 0 Å². The minimum absolute atomic E-state index is 0.110. The van der Waals surface area contributed by atoms with Gasteiger partial charge >= 0.3 is 0 Å². The molecular formula is C92H86N12. The summed E-state index contributed by atoms with van der Waals surface area (Å²) in [7, 11) is 0. The van der Waals surface area contributed by atoms with Gasteiger partial charge in [0.25, 0.3) is 0 Å². The van der Waals surface area contributed by atoms with Crippen molar-refractivity contribution < 1.29 is 0 Å². The van der Waals surface area contributed by atoms with Gasteiger partial charge in [-0.3, -0.25) is 39.9 Å². The lowest BCUT2D eigenvalue weighted by Gasteiger charge is -2.36. The lowest BCUT2D eigenvalue weighted by molar-refractivity contribution is 0.590. The first kappa shape index (κ1) is 66.8. The first-order chi connectivity index (χ1) is 49.8. The van der Waals surface area contributed by atoms with E-state index in [4.69, 9.17) is 39.9 Å². The summed E-state index contributed by atoms with van der Waals surface area (Å²) in [6.45, 7) is 36.1. The summed E-state index contributed by atoms with van der Waals surface area (Å²) < 4.78 is 0. The third-order valence-electron chi connectivity index (χ3n) is 21.2. The Morgan fingerprint density at radius 1 is 0.212 bits per heavy atom. The molecular weight excluding hydrogens is 1270 g/mol. The normalized spacial score (nSPS) is 12.4. The predicted molar refractivity (Wildman–Crippen MR) is 435 cm³/mol. The van der Waals surface area contributed by atoms with Crippen molar-refractivity contribution in [2.45, 2.75) is 132 Å². The maximum atomic E-state index is 5.07. The van der Waals surface area contributed by atoms with Crippen LogP contribution in [-0.4, -0.2) is 39.9 Å². The minimum Gasteiger partial charge on any atom is -0.309 e. The van der Waals surface area contributed by atoms with E-state index < -0.39 is 0 Å². The average molecular weight is 1360 g/mol. The number of anilines is 12. The predicted octanol–water partition coefficient (Wildman–Crippen LogP) is 24.7. The Balaban J connectivity index is 1.13. The van der Waals surface area contributed by atoms with E-state index in [2.05, 4.69) is 312 Å². The summed E-state index contributed by atoms with van der Waals surface area (Å²) >= 11 is 0. The summed E-state index contributed by atoms with van der Waals surface area (Å²) in [5, 5.41) is 6.34. The summed E-state index contributed by atoms with van der Waals surface area (Å²) in [4.78, 5) is 49.6. The molecule has 16 rings (SSSR count). The van der Waals surface area contributed by atoms with Gasteiger partial charge in [0, 0.05) is 127 Å². The molecule has 0 atom stereocenters. The zero-order valence-electron chi connectivity index (χ0n) is 62.3. The smallest absolute Gasteiger partial charge is 0.0936 e. The molecule has 12 nitrogen and oxygen atoms in total. The molecule has 16 aromatic rings. The largest absolute Gasteiger partial charge is 0.309 e. The van der Waals surface area contributed by atoms with Gasteiger partial charge in [-0.1, -0.05) is 156 Å². The van der Waals surface area contributed by atoms with Crippen molar-refractivity contribution in [2.24, 2.45) is 0 Å². The van der Waals surface area contributed by atoms with E-state index in [1.54, 1.807) is 49.6 Å². The average Bonchev–Trinajstić information content (AvgIpc) is 0.697. The van der Waals surface area contributed by atoms with Crippen molar-refractivity contribution in [2.75, 3.05) is 19.6 Å². The number of aryl methyl sites for hydroxylation is 4. The highest BCUT2D eigenvalue weighted by Crippen LogP contribution is 2.57. The van der Waals surface area contributed by atoms with Crippen molar-refractivity contribution in [3.05, 3.63) is 276 Å². The molecule has 0 aliphatic carbocycles. The zero-order valence-corrected chi connectivity index (χ0v) is 62.3. The Kier molecular flexibility index (Phi) is 16.1. The van der Waals surface area contributed by atoms with Gasteiger partial charge in [-0.2, -0.15) is 0 Å². The van der Waals surface area contributed by atoms with Crippen LogP contribution in [0.15, 0.2) is 232 Å². The van der Waals surface area contributed by atoms with Crippen molar-refractivity contribution in [1.82, 2.24) is 39.9 Å². The molecule has 12 heteroatoms. The molecule has 514 valence electrons. The van der Waals surface area contributed by atoms with E-state index in [1.165, 1.54) is 22.3 Å². The number of rotatable bonds is 12. The van der Waals surface area contributed by atoms with Crippen molar-refractivity contribution >= 4 is 145 Å². The first-order valence-corrected chi connectivity index (χ1v) is 36.0. The van der Waals surface area contributed by atoms with Crippen LogP contribution in [0.3, 0.4) is 0 Å². The molecule has 0 fully saturated rings. The van der Waals surface area contributed by atoms with Crippen LogP contribution in [0.2, 0.25) is 0 Å². The Bertz CT molecular complexity index is 5290. The highest BCUT2D eigenvalue weighted by molar-refractivity contribution is 6.33. The van der Waals surface area contributed by atoms with Gasteiger partial charge < -0.3 is 19.6 Å². The van der Waals surface area contributed by atoms with Gasteiger partial charge in [-0.05, 0) is 181 Å². The Labute approximate surface area is 609 Å². The van der Waals surface area contributed by atoms with E-state index in [0.29, 0.717) is 0 Å². The fourth-order valence-corrected chi connectivity index (χ4v) is 15.4. The van der Waals surface area contributed by atoms with E-state index in [-0.39, 0.29) is 21.7 Å².